The summed E-state index contributed by atoms with van der Waals surface area (Å²) in [5.74, 6) is 0.713. The van der Waals surface area contributed by atoms with Gasteiger partial charge in [0.15, 0.2) is 11.5 Å². The summed E-state index contributed by atoms with van der Waals surface area (Å²) in [5.41, 5.74) is 9.68. The lowest BCUT2D eigenvalue weighted by atomic mass is 10.1. The average molecular weight is 527 g/mol. The summed E-state index contributed by atoms with van der Waals surface area (Å²) in [6.45, 7) is 2.11. The third kappa shape index (κ3) is 6.64. The van der Waals surface area contributed by atoms with Gasteiger partial charge in [-0.05, 0) is 43.2 Å². The van der Waals surface area contributed by atoms with Gasteiger partial charge in [-0.15, -0.1) is 31.2 Å². The first kappa shape index (κ1) is 26.2. The SMILES string of the molecule is CC(CF)NCc1ccc(-c2nnc(-c3nc(-c4ccc(SC(P)CCO)cc4)cnc3N)o2)cc1. The predicted molar refractivity (Wildman–Crippen MR) is 144 cm³/mol. The van der Waals surface area contributed by atoms with E-state index < -0.39 is 6.67 Å². The van der Waals surface area contributed by atoms with Crippen molar-refractivity contribution in [3.8, 4) is 34.3 Å². The average Bonchev–Trinajstić information content (AvgIpc) is 3.38. The molecule has 3 atom stereocenters. The number of aromatic nitrogens is 4. The first-order chi connectivity index (χ1) is 17.5. The quantitative estimate of drug-likeness (QED) is 0.191. The van der Waals surface area contributed by atoms with Crippen molar-refractivity contribution in [3.05, 3.63) is 60.3 Å². The number of nitrogens with one attached hydrogen (secondary N) is 1. The van der Waals surface area contributed by atoms with E-state index in [0.717, 1.165) is 21.6 Å². The van der Waals surface area contributed by atoms with Gasteiger partial charge >= 0.3 is 0 Å². The second-order valence-corrected chi connectivity index (χ2v) is 10.8. The Balaban J connectivity index is 1.50. The van der Waals surface area contributed by atoms with Gasteiger partial charge in [-0.1, -0.05) is 24.3 Å². The van der Waals surface area contributed by atoms with Crippen molar-refractivity contribution in [1.29, 1.82) is 0 Å². The Bertz CT molecular complexity index is 1270. The third-order valence-corrected chi connectivity index (χ3v) is 7.19. The van der Waals surface area contributed by atoms with Crippen LogP contribution in [0.15, 0.2) is 64.0 Å². The first-order valence-electron chi connectivity index (χ1n) is 11.5. The monoisotopic (exact) mass is 526 g/mol. The molecule has 0 spiro atoms. The number of aliphatic hydroxyl groups is 1. The number of aliphatic hydroxyl groups excluding tert-OH is 1. The van der Waals surface area contributed by atoms with Crippen LogP contribution in [0.3, 0.4) is 0 Å². The number of anilines is 1. The number of thioether (sulfide) groups is 1. The highest BCUT2D eigenvalue weighted by atomic mass is 32.2. The number of halogens is 1. The molecule has 36 heavy (non-hydrogen) atoms. The summed E-state index contributed by atoms with van der Waals surface area (Å²) in [6, 6.07) is 15.4. The molecule has 2 aromatic carbocycles. The normalized spacial score (nSPS) is 13.0. The molecule has 0 aliphatic rings. The standard InChI is InChI=1S/C25H28FN6O2PS/c1-15(12-26)28-13-16-2-4-18(5-3-16)24-31-32-25(34-24)22-23(27)29-14-20(30-22)17-6-8-19(9-7-17)36-21(35)10-11-33/h2-9,14-15,21,28,33H,10-13,35H2,1H3,(H2,27,29). The molecule has 8 nitrogen and oxygen atoms in total. The van der Waals surface area contributed by atoms with Crippen molar-refractivity contribution in [1.82, 2.24) is 25.5 Å². The minimum Gasteiger partial charge on any atom is -0.414 e. The van der Waals surface area contributed by atoms with Crippen LogP contribution in [0.4, 0.5) is 10.2 Å². The lowest BCUT2D eigenvalue weighted by molar-refractivity contribution is 0.294. The van der Waals surface area contributed by atoms with Crippen LogP contribution in [0.1, 0.15) is 18.9 Å². The maximum atomic E-state index is 12.6. The third-order valence-electron chi connectivity index (χ3n) is 5.37. The summed E-state index contributed by atoms with van der Waals surface area (Å²) >= 11 is 1.68. The van der Waals surface area contributed by atoms with Gasteiger partial charge in [-0.2, -0.15) is 0 Å². The Morgan fingerprint density at radius 1 is 1.08 bits per heavy atom. The molecule has 2 heterocycles. The molecule has 0 radical (unpaired) electrons. The van der Waals surface area contributed by atoms with Crippen molar-refractivity contribution in [2.75, 3.05) is 19.0 Å². The van der Waals surface area contributed by atoms with E-state index in [1.807, 2.05) is 48.5 Å². The Morgan fingerprint density at radius 3 is 2.47 bits per heavy atom. The Morgan fingerprint density at radius 2 is 1.78 bits per heavy atom. The largest absolute Gasteiger partial charge is 0.414 e. The lowest BCUT2D eigenvalue weighted by Gasteiger charge is -2.10. The van der Waals surface area contributed by atoms with E-state index in [9.17, 15) is 4.39 Å². The molecule has 11 heteroatoms. The van der Waals surface area contributed by atoms with Gasteiger partial charge in [-0.25, -0.2) is 14.4 Å². The molecule has 2 aromatic heterocycles. The molecular formula is C25H28FN6O2PS. The van der Waals surface area contributed by atoms with Crippen LogP contribution >= 0.6 is 21.0 Å². The molecule has 0 bridgehead atoms. The van der Waals surface area contributed by atoms with Crippen LogP contribution in [0, 0.1) is 0 Å². The van der Waals surface area contributed by atoms with E-state index in [2.05, 4.69) is 34.7 Å². The fourth-order valence-corrected chi connectivity index (χ4v) is 4.79. The van der Waals surface area contributed by atoms with Crippen LogP contribution in [-0.4, -0.2) is 49.6 Å². The molecule has 0 saturated heterocycles. The number of nitrogens with zero attached hydrogens (tertiary/aromatic N) is 4. The van der Waals surface area contributed by atoms with E-state index in [1.165, 1.54) is 0 Å². The van der Waals surface area contributed by atoms with E-state index >= 15 is 0 Å². The number of nitrogen functional groups attached to an aromatic ring is 1. The topological polar surface area (TPSA) is 123 Å². The molecule has 0 saturated carbocycles. The summed E-state index contributed by atoms with van der Waals surface area (Å²) in [4.78, 5) is 10.3. The summed E-state index contributed by atoms with van der Waals surface area (Å²) in [5, 5.41) is 20.5. The summed E-state index contributed by atoms with van der Waals surface area (Å²) < 4.78 is 18.5. The van der Waals surface area contributed by atoms with Crippen LogP contribution in [-0.2, 0) is 6.54 Å². The smallest absolute Gasteiger partial charge is 0.270 e. The van der Waals surface area contributed by atoms with Gasteiger partial charge in [0.25, 0.3) is 5.89 Å². The minimum absolute atomic E-state index is 0.157. The van der Waals surface area contributed by atoms with Crippen molar-refractivity contribution in [2.24, 2.45) is 0 Å². The zero-order valence-corrected chi connectivity index (χ0v) is 21.7. The zero-order valence-electron chi connectivity index (χ0n) is 19.8. The van der Waals surface area contributed by atoms with Crippen LogP contribution < -0.4 is 11.1 Å². The van der Waals surface area contributed by atoms with Crippen LogP contribution in [0.2, 0.25) is 0 Å². The molecule has 3 unspecified atom stereocenters. The van der Waals surface area contributed by atoms with Gasteiger partial charge in [0.2, 0.25) is 5.89 Å². The second kappa shape index (κ2) is 12.4. The predicted octanol–water partition coefficient (Wildman–Crippen LogP) is 4.57. The second-order valence-electron chi connectivity index (χ2n) is 8.23. The Hall–Kier alpha value is -2.91. The van der Waals surface area contributed by atoms with E-state index in [1.54, 1.807) is 24.9 Å². The number of rotatable bonds is 11. The van der Waals surface area contributed by atoms with Crippen molar-refractivity contribution >= 4 is 26.8 Å². The molecule has 0 aliphatic heterocycles. The first-order valence-corrected chi connectivity index (χ1v) is 13.0. The fourth-order valence-electron chi connectivity index (χ4n) is 3.31. The summed E-state index contributed by atoms with van der Waals surface area (Å²) in [7, 11) is 2.74. The Kier molecular flexibility index (Phi) is 8.98. The van der Waals surface area contributed by atoms with E-state index in [4.69, 9.17) is 15.3 Å². The highest BCUT2D eigenvalue weighted by Crippen LogP contribution is 2.32. The number of alkyl halides is 1. The van der Waals surface area contributed by atoms with Gasteiger partial charge in [0, 0.05) is 40.2 Å². The van der Waals surface area contributed by atoms with Gasteiger partial charge in [0.05, 0.1) is 11.9 Å². The lowest BCUT2D eigenvalue weighted by Crippen LogP contribution is -2.27. The fraction of sp³-hybridized carbons (Fsp3) is 0.280. The number of nitrogens with two attached hydrogens (primary N) is 1. The molecule has 0 fully saturated rings. The number of benzene rings is 2. The molecule has 0 aliphatic carbocycles. The van der Waals surface area contributed by atoms with Crippen molar-refractivity contribution in [3.63, 3.8) is 0 Å². The molecule has 0 amide bonds. The Labute approximate surface area is 215 Å². The van der Waals surface area contributed by atoms with E-state index in [-0.39, 0.29) is 29.3 Å². The van der Waals surface area contributed by atoms with Crippen LogP contribution in [0.25, 0.3) is 34.3 Å². The van der Waals surface area contributed by atoms with Gasteiger partial charge < -0.3 is 20.6 Å². The number of hydrogen-bond acceptors (Lipinski definition) is 9. The van der Waals surface area contributed by atoms with E-state index in [0.29, 0.717) is 30.2 Å². The zero-order chi connectivity index (χ0) is 25.5. The van der Waals surface area contributed by atoms with Gasteiger partial charge in [0.1, 0.15) is 6.67 Å². The number of hydrogen-bond donors (Lipinski definition) is 3. The highest BCUT2D eigenvalue weighted by molar-refractivity contribution is 8.03. The van der Waals surface area contributed by atoms with Gasteiger partial charge in [-0.3, -0.25) is 0 Å². The molecular weight excluding hydrogens is 498 g/mol. The molecule has 4 N–H and O–H groups in total. The minimum atomic E-state index is -0.412. The molecule has 4 aromatic rings. The maximum Gasteiger partial charge on any atom is 0.270 e. The molecule has 4 rings (SSSR count). The maximum absolute atomic E-state index is 12.6. The highest BCUT2D eigenvalue weighted by Gasteiger charge is 2.17. The van der Waals surface area contributed by atoms with Crippen molar-refractivity contribution in [2.45, 2.75) is 35.8 Å². The summed E-state index contributed by atoms with van der Waals surface area (Å²) in [6.07, 6.45) is 2.32. The molecule has 188 valence electrons. The van der Waals surface area contributed by atoms with Crippen molar-refractivity contribution < 1.29 is 13.9 Å². The van der Waals surface area contributed by atoms with Crippen LogP contribution in [0.5, 0.6) is 0 Å².